The molecule has 0 aliphatic carbocycles. The highest BCUT2D eigenvalue weighted by Crippen LogP contribution is 2.33. The van der Waals surface area contributed by atoms with Crippen LogP contribution in [0, 0.1) is 11.8 Å². The number of hydrogen-bond donors (Lipinski definition) is 0. The molecule has 6 heteroatoms. The lowest BCUT2D eigenvalue weighted by Crippen LogP contribution is -2.17. The van der Waals surface area contributed by atoms with E-state index in [9.17, 15) is 13.2 Å². The molecule has 0 radical (unpaired) electrons. The van der Waals surface area contributed by atoms with Crippen LogP contribution < -0.4 is 9.47 Å². The summed E-state index contributed by atoms with van der Waals surface area (Å²) >= 11 is 2.97. The summed E-state index contributed by atoms with van der Waals surface area (Å²) in [6.45, 7) is 1.85. The van der Waals surface area contributed by atoms with Crippen molar-refractivity contribution in [1.29, 1.82) is 0 Å². The molecule has 0 aliphatic heterocycles. The summed E-state index contributed by atoms with van der Waals surface area (Å²) in [5.74, 6) is 5.40. The predicted octanol–water partition coefficient (Wildman–Crippen LogP) is 3.75. The van der Waals surface area contributed by atoms with Crippen molar-refractivity contribution in [1.82, 2.24) is 0 Å². The number of alkyl halides is 3. The SMILES string of the molecule is CC#CCOc1ccc(OC(F)(F)F)c(Br)c1. The lowest BCUT2D eigenvalue weighted by Gasteiger charge is -2.11. The van der Waals surface area contributed by atoms with Crippen LogP contribution in [0.4, 0.5) is 13.2 Å². The minimum absolute atomic E-state index is 0.164. The summed E-state index contributed by atoms with van der Waals surface area (Å²) in [6, 6.07) is 3.94. The highest BCUT2D eigenvalue weighted by molar-refractivity contribution is 9.10. The average molecular weight is 309 g/mol. The first-order valence-corrected chi connectivity index (χ1v) is 5.29. The van der Waals surface area contributed by atoms with Gasteiger partial charge in [-0.25, -0.2) is 0 Å². The number of benzene rings is 1. The van der Waals surface area contributed by atoms with Gasteiger partial charge in [0, 0.05) is 0 Å². The van der Waals surface area contributed by atoms with Crippen LogP contribution in [0.3, 0.4) is 0 Å². The van der Waals surface area contributed by atoms with Crippen molar-refractivity contribution < 1.29 is 22.6 Å². The zero-order valence-corrected chi connectivity index (χ0v) is 10.4. The van der Waals surface area contributed by atoms with Crippen molar-refractivity contribution in [2.45, 2.75) is 13.3 Å². The summed E-state index contributed by atoms with van der Waals surface area (Å²) < 4.78 is 45.1. The fourth-order valence-corrected chi connectivity index (χ4v) is 1.41. The Morgan fingerprint density at radius 1 is 1.35 bits per heavy atom. The molecule has 1 rings (SSSR count). The highest BCUT2D eigenvalue weighted by Gasteiger charge is 2.31. The molecule has 0 aromatic heterocycles. The second kappa shape index (κ2) is 5.82. The van der Waals surface area contributed by atoms with Crippen LogP contribution in [0.2, 0.25) is 0 Å². The minimum atomic E-state index is -4.71. The van der Waals surface area contributed by atoms with Crippen molar-refractivity contribution in [3.63, 3.8) is 0 Å². The van der Waals surface area contributed by atoms with E-state index in [-0.39, 0.29) is 16.8 Å². The Labute approximate surface area is 105 Å². The summed E-state index contributed by atoms with van der Waals surface area (Å²) in [7, 11) is 0. The third-order valence-corrected chi connectivity index (χ3v) is 2.24. The first kappa shape index (κ1) is 13.7. The van der Waals surface area contributed by atoms with Crippen LogP contribution in [0.5, 0.6) is 11.5 Å². The predicted molar refractivity (Wildman–Crippen MR) is 59.8 cm³/mol. The Bertz CT molecular complexity index is 446. The van der Waals surface area contributed by atoms with Gasteiger partial charge in [-0.1, -0.05) is 5.92 Å². The van der Waals surface area contributed by atoms with Crippen molar-refractivity contribution in [2.24, 2.45) is 0 Å². The van der Waals surface area contributed by atoms with Gasteiger partial charge < -0.3 is 9.47 Å². The first-order valence-electron chi connectivity index (χ1n) is 4.50. The summed E-state index contributed by atoms with van der Waals surface area (Å²) in [5, 5.41) is 0. The Balaban J connectivity index is 2.74. The molecule has 0 saturated heterocycles. The molecule has 1 aromatic carbocycles. The molecule has 0 saturated carbocycles. The van der Waals surface area contributed by atoms with E-state index in [0.717, 1.165) is 0 Å². The molecule has 0 spiro atoms. The van der Waals surface area contributed by atoms with Gasteiger partial charge in [0.2, 0.25) is 0 Å². The Morgan fingerprint density at radius 2 is 2.06 bits per heavy atom. The molecule has 0 N–H and O–H groups in total. The largest absolute Gasteiger partial charge is 0.573 e. The van der Waals surface area contributed by atoms with Gasteiger partial charge in [-0.15, -0.1) is 19.1 Å². The average Bonchev–Trinajstić information content (AvgIpc) is 2.21. The van der Waals surface area contributed by atoms with E-state index in [0.29, 0.717) is 5.75 Å². The molecule has 0 heterocycles. The third kappa shape index (κ3) is 5.00. The van der Waals surface area contributed by atoms with Gasteiger partial charge in [0.1, 0.15) is 18.1 Å². The first-order chi connectivity index (χ1) is 7.92. The molecular formula is C11H8BrF3O2. The number of hydrogen-bond acceptors (Lipinski definition) is 2. The van der Waals surface area contributed by atoms with Crippen molar-refractivity contribution in [3.05, 3.63) is 22.7 Å². The molecule has 0 aliphatic rings. The topological polar surface area (TPSA) is 18.5 Å². The molecular weight excluding hydrogens is 301 g/mol. The van der Waals surface area contributed by atoms with Crippen LogP contribution in [-0.2, 0) is 0 Å². The lowest BCUT2D eigenvalue weighted by atomic mass is 10.3. The molecule has 2 nitrogen and oxygen atoms in total. The molecule has 1 aromatic rings. The van der Waals surface area contributed by atoms with E-state index in [1.165, 1.54) is 18.2 Å². The molecule has 92 valence electrons. The van der Waals surface area contributed by atoms with Crippen molar-refractivity contribution in [2.75, 3.05) is 6.61 Å². The fraction of sp³-hybridized carbons (Fsp3) is 0.273. The summed E-state index contributed by atoms with van der Waals surface area (Å²) in [4.78, 5) is 0. The van der Waals surface area contributed by atoms with Crippen LogP contribution >= 0.6 is 15.9 Å². The maximum Gasteiger partial charge on any atom is 0.573 e. The zero-order chi connectivity index (χ0) is 12.9. The molecule has 0 unspecified atom stereocenters. The van der Waals surface area contributed by atoms with Crippen LogP contribution in [0.25, 0.3) is 0 Å². The van der Waals surface area contributed by atoms with Gasteiger partial charge in [0.05, 0.1) is 4.47 Å². The Kier molecular flexibility index (Phi) is 4.70. The maximum atomic E-state index is 12.0. The molecule has 0 atom stereocenters. The van der Waals surface area contributed by atoms with E-state index in [1.807, 2.05) is 0 Å². The highest BCUT2D eigenvalue weighted by atomic mass is 79.9. The minimum Gasteiger partial charge on any atom is -0.481 e. The molecule has 0 fully saturated rings. The van der Waals surface area contributed by atoms with Crippen LogP contribution in [0.15, 0.2) is 22.7 Å². The number of rotatable bonds is 3. The van der Waals surface area contributed by atoms with Crippen molar-refractivity contribution >= 4 is 15.9 Å². The van der Waals surface area contributed by atoms with Crippen LogP contribution in [0.1, 0.15) is 6.92 Å². The normalized spacial score (nSPS) is 10.4. The number of ether oxygens (including phenoxy) is 2. The summed E-state index contributed by atoms with van der Waals surface area (Å²) in [6.07, 6.45) is -4.71. The zero-order valence-electron chi connectivity index (χ0n) is 8.77. The van der Waals surface area contributed by atoms with Gasteiger partial charge in [0.15, 0.2) is 0 Å². The maximum absolute atomic E-state index is 12.0. The molecule has 0 bridgehead atoms. The molecule has 0 amide bonds. The molecule has 17 heavy (non-hydrogen) atoms. The summed E-state index contributed by atoms with van der Waals surface area (Å²) in [5.41, 5.74) is 0. The van der Waals surface area contributed by atoms with E-state index in [1.54, 1.807) is 6.92 Å². The van der Waals surface area contributed by atoms with Crippen LogP contribution in [-0.4, -0.2) is 13.0 Å². The monoisotopic (exact) mass is 308 g/mol. The Morgan fingerprint density at radius 3 is 2.59 bits per heavy atom. The van der Waals surface area contributed by atoms with Gasteiger partial charge in [0.25, 0.3) is 0 Å². The second-order valence-electron chi connectivity index (χ2n) is 2.86. The van der Waals surface area contributed by atoms with E-state index in [4.69, 9.17) is 4.74 Å². The quantitative estimate of drug-likeness (QED) is 0.792. The van der Waals surface area contributed by atoms with Gasteiger partial charge in [-0.2, -0.15) is 0 Å². The standard InChI is InChI=1S/C11H8BrF3O2/c1-2-3-6-16-8-4-5-10(9(12)7-8)17-11(13,14)15/h4-5,7H,6H2,1H3. The lowest BCUT2D eigenvalue weighted by molar-refractivity contribution is -0.274. The Hall–Kier alpha value is -1.35. The van der Waals surface area contributed by atoms with E-state index in [2.05, 4.69) is 32.5 Å². The van der Waals surface area contributed by atoms with E-state index >= 15 is 0 Å². The van der Waals surface area contributed by atoms with Gasteiger partial charge in [-0.05, 0) is 41.1 Å². The second-order valence-corrected chi connectivity index (χ2v) is 3.71. The van der Waals surface area contributed by atoms with Gasteiger partial charge >= 0.3 is 6.36 Å². The fourth-order valence-electron chi connectivity index (χ4n) is 0.970. The van der Waals surface area contributed by atoms with Crippen molar-refractivity contribution in [3.8, 4) is 23.3 Å². The smallest absolute Gasteiger partial charge is 0.481 e. The number of halogens is 4. The van der Waals surface area contributed by atoms with Gasteiger partial charge in [-0.3, -0.25) is 0 Å². The third-order valence-electron chi connectivity index (χ3n) is 1.62. The van der Waals surface area contributed by atoms with E-state index < -0.39 is 6.36 Å².